The number of alkyl halides is 1. The topological polar surface area (TPSA) is 25.8 Å². The average molecular weight is 223 g/mol. The molecule has 12 heavy (non-hydrogen) atoms. The summed E-state index contributed by atoms with van der Waals surface area (Å²) in [5.74, 6) is 0. The molecular weight excluding hydrogens is 216 g/mol. The second-order valence-electron chi connectivity index (χ2n) is 2.47. The lowest BCUT2D eigenvalue weighted by Gasteiger charge is -1.99. The summed E-state index contributed by atoms with van der Waals surface area (Å²) < 4.78 is 0. The Bertz CT molecular complexity index is 395. The summed E-state index contributed by atoms with van der Waals surface area (Å²) in [4.78, 5) is 8.33. The first-order chi connectivity index (χ1) is 5.92. The van der Waals surface area contributed by atoms with Gasteiger partial charge < -0.3 is 0 Å². The maximum atomic E-state index is 4.17. The second-order valence-corrected chi connectivity index (χ2v) is 3.03. The van der Waals surface area contributed by atoms with Crippen LogP contribution in [0.5, 0.6) is 0 Å². The van der Waals surface area contributed by atoms with E-state index in [2.05, 4.69) is 25.9 Å². The van der Waals surface area contributed by atoms with Gasteiger partial charge in [-0.1, -0.05) is 34.1 Å². The zero-order valence-electron chi connectivity index (χ0n) is 6.37. The van der Waals surface area contributed by atoms with Crippen molar-refractivity contribution in [1.29, 1.82) is 0 Å². The van der Waals surface area contributed by atoms with E-state index in [1.807, 2.05) is 24.3 Å². The SMILES string of the molecule is BrCc1ncnc2ccccc12. The molecule has 0 atom stereocenters. The van der Waals surface area contributed by atoms with Gasteiger partial charge in [0.25, 0.3) is 0 Å². The van der Waals surface area contributed by atoms with Gasteiger partial charge in [0, 0.05) is 10.7 Å². The number of rotatable bonds is 1. The van der Waals surface area contributed by atoms with Crippen LogP contribution in [0.3, 0.4) is 0 Å². The van der Waals surface area contributed by atoms with Crippen LogP contribution in [0, 0.1) is 0 Å². The van der Waals surface area contributed by atoms with Crippen LogP contribution < -0.4 is 0 Å². The Labute approximate surface area is 78.8 Å². The van der Waals surface area contributed by atoms with Gasteiger partial charge in [0.15, 0.2) is 0 Å². The minimum absolute atomic E-state index is 0.774. The third-order valence-corrected chi connectivity index (χ3v) is 2.28. The average Bonchev–Trinajstić information content (AvgIpc) is 2.17. The third-order valence-electron chi connectivity index (χ3n) is 1.75. The Balaban J connectivity index is 2.79. The minimum atomic E-state index is 0.774. The van der Waals surface area contributed by atoms with Crippen molar-refractivity contribution >= 4 is 26.8 Å². The number of hydrogen-bond acceptors (Lipinski definition) is 2. The number of nitrogens with zero attached hydrogens (tertiary/aromatic N) is 2. The molecule has 60 valence electrons. The molecule has 0 bridgehead atoms. The first-order valence-corrected chi connectivity index (χ1v) is 4.78. The van der Waals surface area contributed by atoms with Crippen LogP contribution in [0.2, 0.25) is 0 Å². The normalized spacial score (nSPS) is 10.4. The van der Waals surface area contributed by atoms with Crippen LogP contribution in [0.1, 0.15) is 5.69 Å². The largest absolute Gasteiger partial charge is 0.240 e. The van der Waals surface area contributed by atoms with Gasteiger partial charge in [0.2, 0.25) is 0 Å². The highest BCUT2D eigenvalue weighted by molar-refractivity contribution is 9.08. The zero-order valence-corrected chi connectivity index (χ0v) is 7.95. The summed E-state index contributed by atoms with van der Waals surface area (Å²) >= 11 is 3.39. The van der Waals surface area contributed by atoms with Crippen LogP contribution >= 0.6 is 15.9 Å². The molecule has 0 N–H and O–H groups in total. The van der Waals surface area contributed by atoms with E-state index in [4.69, 9.17) is 0 Å². The first kappa shape index (κ1) is 7.68. The smallest absolute Gasteiger partial charge is 0.116 e. The molecule has 0 aliphatic heterocycles. The summed E-state index contributed by atoms with van der Waals surface area (Å²) in [5.41, 5.74) is 2.04. The monoisotopic (exact) mass is 222 g/mol. The van der Waals surface area contributed by atoms with Crippen LogP contribution in [-0.4, -0.2) is 9.97 Å². The van der Waals surface area contributed by atoms with Gasteiger partial charge >= 0.3 is 0 Å². The number of fused-ring (bicyclic) bond motifs is 1. The molecule has 0 saturated heterocycles. The van der Waals surface area contributed by atoms with E-state index in [0.29, 0.717) is 0 Å². The predicted molar refractivity (Wildman–Crippen MR) is 52.2 cm³/mol. The van der Waals surface area contributed by atoms with E-state index >= 15 is 0 Å². The van der Waals surface area contributed by atoms with Gasteiger partial charge in [-0.05, 0) is 6.07 Å². The van der Waals surface area contributed by atoms with Gasteiger partial charge in [-0.3, -0.25) is 0 Å². The molecule has 1 aromatic carbocycles. The molecule has 0 saturated carbocycles. The number of halogens is 1. The number of para-hydroxylation sites is 1. The number of aromatic nitrogens is 2. The molecular formula is C9H7BrN2. The van der Waals surface area contributed by atoms with Gasteiger partial charge in [-0.15, -0.1) is 0 Å². The lowest BCUT2D eigenvalue weighted by atomic mass is 10.2. The van der Waals surface area contributed by atoms with Crippen molar-refractivity contribution in [1.82, 2.24) is 9.97 Å². The molecule has 3 heteroatoms. The molecule has 2 rings (SSSR count). The summed E-state index contributed by atoms with van der Waals surface area (Å²) in [6, 6.07) is 8.00. The standard InChI is InChI=1S/C9H7BrN2/c10-5-9-7-3-1-2-4-8(7)11-6-12-9/h1-4,6H,5H2. The molecule has 0 aliphatic carbocycles. The fourth-order valence-electron chi connectivity index (χ4n) is 1.17. The molecule has 2 nitrogen and oxygen atoms in total. The van der Waals surface area contributed by atoms with Gasteiger partial charge in [-0.2, -0.15) is 0 Å². The molecule has 1 aromatic heterocycles. The molecule has 0 spiro atoms. The molecule has 0 aliphatic rings. The highest BCUT2D eigenvalue weighted by atomic mass is 79.9. The van der Waals surface area contributed by atoms with Crippen molar-refractivity contribution in [2.24, 2.45) is 0 Å². The molecule has 1 heterocycles. The number of hydrogen-bond donors (Lipinski definition) is 0. The van der Waals surface area contributed by atoms with Crippen LogP contribution in [0.25, 0.3) is 10.9 Å². The quantitative estimate of drug-likeness (QED) is 0.694. The predicted octanol–water partition coefficient (Wildman–Crippen LogP) is 2.52. The molecule has 0 unspecified atom stereocenters. The van der Waals surface area contributed by atoms with E-state index in [1.54, 1.807) is 6.33 Å². The fourth-order valence-corrected chi connectivity index (χ4v) is 1.61. The highest BCUT2D eigenvalue weighted by Gasteiger charge is 1.99. The van der Waals surface area contributed by atoms with E-state index in [1.165, 1.54) is 0 Å². The van der Waals surface area contributed by atoms with Crippen molar-refractivity contribution in [3.8, 4) is 0 Å². The van der Waals surface area contributed by atoms with Gasteiger partial charge in [0.05, 0.1) is 11.2 Å². The maximum absolute atomic E-state index is 4.17. The fraction of sp³-hybridized carbons (Fsp3) is 0.111. The van der Waals surface area contributed by atoms with Crippen molar-refractivity contribution in [3.63, 3.8) is 0 Å². The highest BCUT2D eigenvalue weighted by Crippen LogP contribution is 2.15. The van der Waals surface area contributed by atoms with Crippen LogP contribution in [0.15, 0.2) is 30.6 Å². The van der Waals surface area contributed by atoms with E-state index < -0.39 is 0 Å². The lowest BCUT2D eigenvalue weighted by Crippen LogP contribution is -1.88. The summed E-state index contributed by atoms with van der Waals surface area (Å²) in [6.07, 6.45) is 1.60. The second kappa shape index (κ2) is 3.19. The Hall–Kier alpha value is -0.960. The molecule has 0 fully saturated rings. The van der Waals surface area contributed by atoms with Crippen molar-refractivity contribution in [2.75, 3.05) is 0 Å². The Morgan fingerprint density at radius 1 is 1.17 bits per heavy atom. The Kier molecular flexibility index (Phi) is 2.04. The van der Waals surface area contributed by atoms with E-state index in [-0.39, 0.29) is 0 Å². The van der Waals surface area contributed by atoms with Crippen LogP contribution in [-0.2, 0) is 5.33 Å². The van der Waals surface area contributed by atoms with E-state index in [0.717, 1.165) is 21.9 Å². The first-order valence-electron chi connectivity index (χ1n) is 3.66. The van der Waals surface area contributed by atoms with Gasteiger partial charge in [0.1, 0.15) is 6.33 Å². The van der Waals surface area contributed by atoms with Crippen molar-refractivity contribution in [2.45, 2.75) is 5.33 Å². The lowest BCUT2D eigenvalue weighted by molar-refractivity contribution is 1.14. The number of benzene rings is 1. The van der Waals surface area contributed by atoms with Gasteiger partial charge in [-0.25, -0.2) is 9.97 Å². The zero-order chi connectivity index (χ0) is 8.39. The maximum Gasteiger partial charge on any atom is 0.116 e. The molecule has 0 amide bonds. The third kappa shape index (κ3) is 1.20. The van der Waals surface area contributed by atoms with Crippen LogP contribution in [0.4, 0.5) is 0 Å². The Morgan fingerprint density at radius 2 is 2.00 bits per heavy atom. The molecule has 2 aromatic rings. The summed E-state index contributed by atoms with van der Waals surface area (Å²) in [5, 5.41) is 1.90. The minimum Gasteiger partial charge on any atom is -0.240 e. The summed E-state index contributed by atoms with van der Waals surface area (Å²) in [7, 11) is 0. The van der Waals surface area contributed by atoms with Crippen molar-refractivity contribution < 1.29 is 0 Å². The van der Waals surface area contributed by atoms with Crippen molar-refractivity contribution in [3.05, 3.63) is 36.3 Å². The van der Waals surface area contributed by atoms with E-state index in [9.17, 15) is 0 Å². The molecule has 0 radical (unpaired) electrons. The Morgan fingerprint density at radius 3 is 2.83 bits per heavy atom. The summed E-state index contributed by atoms with van der Waals surface area (Å²) in [6.45, 7) is 0.